The monoisotopic (exact) mass is 650 g/mol. The van der Waals surface area contributed by atoms with Crippen molar-refractivity contribution in [3.8, 4) is 35.2 Å². The van der Waals surface area contributed by atoms with E-state index in [2.05, 4.69) is 23.7 Å². The number of sulfone groups is 1. The molecule has 2 amide bonds. The Morgan fingerprint density at radius 1 is 0.889 bits per heavy atom. The Balaban J connectivity index is 2.08. The van der Waals surface area contributed by atoms with Gasteiger partial charge in [0.15, 0.2) is 9.84 Å². The molecule has 12 heteroatoms. The highest BCUT2D eigenvalue weighted by atomic mass is 32.2. The minimum absolute atomic E-state index is 0.0862. The number of hydrogen-bond acceptors (Lipinski definition) is 9. The van der Waals surface area contributed by atoms with Crippen molar-refractivity contribution in [2.75, 3.05) is 13.2 Å². The Labute approximate surface area is 267 Å². The van der Waals surface area contributed by atoms with Gasteiger partial charge in [0.1, 0.15) is 30.0 Å². The van der Waals surface area contributed by atoms with Crippen molar-refractivity contribution in [1.82, 2.24) is 10.5 Å². The van der Waals surface area contributed by atoms with Crippen LogP contribution in [0.15, 0.2) is 88.7 Å². The molecule has 2 atom stereocenters. The molecule has 3 N–H and O–H groups in total. The van der Waals surface area contributed by atoms with Crippen LogP contribution in [0.5, 0.6) is 11.5 Å². The molecule has 3 rings (SSSR count). The molecule has 0 aliphatic carbocycles. The average Bonchev–Trinajstić information content (AvgIpc) is 3.04. The molecule has 0 saturated heterocycles. The molecule has 0 aliphatic rings. The molecule has 0 aromatic heterocycles. The van der Waals surface area contributed by atoms with Gasteiger partial charge in [0.25, 0.3) is 11.8 Å². The van der Waals surface area contributed by atoms with Crippen molar-refractivity contribution in [2.45, 2.75) is 47.6 Å². The molecule has 3 aromatic carbocycles. The van der Waals surface area contributed by atoms with E-state index in [1.165, 1.54) is 50.2 Å². The first-order valence-corrected chi connectivity index (χ1v) is 16.1. The van der Waals surface area contributed by atoms with E-state index in [4.69, 9.17) is 9.47 Å². The molecule has 0 aliphatic heterocycles. The topological polar surface area (TPSA) is 142 Å². The molecule has 0 radical (unpaired) electrons. The van der Waals surface area contributed by atoms with E-state index in [0.29, 0.717) is 16.4 Å². The number of benzene rings is 3. The third-order valence-corrected chi connectivity index (χ3v) is 10.2. The van der Waals surface area contributed by atoms with E-state index >= 15 is 0 Å². The van der Waals surface area contributed by atoms with Crippen LogP contribution in [0.25, 0.3) is 0 Å². The summed E-state index contributed by atoms with van der Waals surface area (Å²) in [6, 6.07) is 19.6. The van der Waals surface area contributed by atoms with Gasteiger partial charge < -0.3 is 9.47 Å². The second-order valence-corrected chi connectivity index (χ2v) is 13.1. The summed E-state index contributed by atoms with van der Waals surface area (Å²) in [5.74, 6) is 8.49. The SMILES string of the molecule is CC#CCOc1ccc(SC(C(=O)NO)(c2ccccc2)N(O)C(=O)C(C(C)C)S(=O)(=O)c2ccc(OCC#CC)cc2)cc1. The number of hydroxylamine groups is 3. The summed E-state index contributed by atoms with van der Waals surface area (Å²) in [4.78, 5) is 25.5. The minimum Gasteiger partial charge on any atom is -0.481 e. The Bertz CT molecular complexity index is 1690. The summed E-state index contributed by atoms with van der Waals surface area (Å²) < 4.78 is 38.8. The number of hydrogen-bond donors (Lipinski definition) is 3. The lowest BCUT2D eigenvalue weighted by atomic mass is 10.0. The molecule has 2 unspecified atom stereocenters. The molecule has 0 fully saturated rings. The Kier molecular flexibility index (Phi) is 12.5. The summed E-state index contributed by atoms with van der Waals surface area (Å²) >= 11 is 0.719. The number of carbonyl (C=O) groups excluding carboxylic acids is 2. The summed E-state index contributed by atoms with van der Waals surface area (Å²) in [6.07, 6.45) is 0. The summed E-state index contributed by atoms with van der Waals surface area (Å²) in [6.45, 7) is 6.66. The molecule has 236 valence electrons. The van der Waals surface area contributed by atoms with Crippen LogP contribution in [0.2, 0.25) is 0 Å². The molecular formula is C33H34N2O8S2. The van der Waals surface area contributed by atoms with Crippen LogP contribution in [-0.2, 0) is 24.3 Å². The first kappa shape index (κ1) is 35.0. The van der Waals surface area contributed by atoms with Gasteiger partial charge in [0.2, 0.25) is 4.87 Å². The number of ether oxygens (including phenoxy) is 2. The van der Waals surface area contributed by atoms with Crippen molar-refractivity contribution in [3.63, 3.8) is 0 Å². The molecule has 45 heavy (non-hydrogen) atoms. The maximum atomic E-state index is 14.1. The van der Waals surface area contributed by atoms with Crippen molar-refractivity contribution in [1.29, 1.82) is 0 Å². The third kappa shape index (κ3) is 8.18. The molecule has 10 nitrogen and oxygen atoms in total. The van der Waals surface area contributed by atoms with Crippen LogP contribution >= 0.6 is 11.8 Å². The lowest BCUT2D eigenvalue weighted by Crippen LogP contribution is -2.58. The van der Waals surface area contributed by atoms with Gasteiger partial charge in [-0.05, 0) is 68.3 Å². The second-order valence-electron chi connectivity index (χ2n) is 9.79. The third-order valence-electron chi connectivity index (χ3n) is 6.48. The molecule has 0 heterocycles. The highest BCUT2D eigenvalue weighted by molar-refractivity contribution is 8.01. The fraction of sp³-hybridized carbons (Fsp3) is 0.273. The van der Waals surface area contributed by atoms with Crippen LogP contribution in [-0.4, -0.2) is 54.2 Å². The largest absolute Gasteiger partial charge is 0.481 e. The van der Waals surface area contributed by atoms with Crippen molar-refractivity contribution in [2.24, 2.45) is 5.92 Å². The standard InChI is InChI=1S/C33H34N2O8S2/c1-5-7-22-42-26-14-18-28(19-15-26)44-33(32(37)34-38,25-12-10-9-11-13-25)35(39)31(36)30(24(3)4)45(40,41)29-20-16-27(17-21-29)43-23-8-6-2/h9-21,24,30,38-39H,22-23H2,1-4H3,(H,34,37). The van der Waals surface area contributed by atoms with Gasteiger partial charge in [-0.1, -0.05) is 67.8 Å². The summed E-state index contributed by atoms with van der Waals surface area (Å²) in [7, 11) is -4.42. The van der Waals surface area contributed by atoms with Crippen LogP contribution in [0.4, 0.5) is 0 Å². The molecule has 3 aromatic rings. The maximum absolute atomic E-state index is 14.1. The van der Waals surface area contributed by atoms with E-state index in [1.807, 2.05) is 0 Å². The first-order chi connectivity index (χ1) is 21.5. The second kappa shape index (κ2) is 16.0. The predicted octanol–water partition coefficient (Wildman–Crippen LogP) is 4.66. The molecular weight excluding hydrogens is 617 g/mol. The van der Waals surface area contributed by atoms with Crippen LogP contribution < -0.4 is 15.0 Å². The Morgan fingerprint density at radius 3 is 1.87 bits per heavy atom. The predicted molar refractivity (Wildman–Crippen MR) is 169 cm³/mol. The fourth-order valence-electron chi connectivity index (χ4n) is 4.32. The number of nitrogens with zero attached hydrogens (tertiary/aromatic N) is 1. The normalized spacial score (nSPS) is 12.8. The zero-order chi connectivity index (χ0) is 33.0. The van der Waals surface area contributed by atoms with E-state index in [0.717, 1.165) is 11.8 Å². The molecule has 0 saturated carbocycles. The van der Waals surface area contributed by atoms with Crippen molar-refractivity contribution >= 4 is 33.4 Å². The number of rotatable bonds is 13. The van der Waals surface area contributed by atoms with E-state index in [-0.39, 0.29) is 28.7 Å². The molecule has 0 bridgehead atoms. The van der Waals surface area contributed by atoms with Crippen LogP contribution in [0.3, 0.4) is 0 Å². The first-order valence-electron chi connectivity index (χ1n) is 13.7. The minimum atomic E-state index is -4.42. The number of nitrogens with one attached hydrogen (secondary N) is 1. The van der Waals surface area contributed by atoms with Crippen molar-refractivity contribution in [3.05, 3.63) is 84.4 Å². The Hall–Kier alpha value is -4.46. The van der Waals surface area contributed by atoms with Gasteiger partial charge in [-0.25, -0.2) is 13.9 Å². The summed E-state index contributed by atoms with van der Waals surface area (Å²) in [5, 5.41) is 19.8. The highest BCUT2D eigenvalue weighted by Crippen LogP contribution is 2.45. The number of amides is 2. The molecule has 0 spiro atoms. The lowest BCUT2D eigenvalue weighted by molar-refractivity contribution is -0.189. The van der Waals surface area contributed by atoms with Gasteiger partial charge in [0, 0.05) is 10.5 Å². The van der Waals surface area contributed by atoms with E-state index in [1.54, 1.807) is 61.8 Å². The highest BCUT2D eigenvalue weighted by Gasteiger charge is 2.53. The smallest absolute Gasteiger partial charge is 0.287 e. The van der Waals surface area contributed by atoms with Crippen LogP contribution in [0, 0.1) is 29.6 Å². The maximum Gasteiger partial charge on any atom is 0.287 e. The van der Waals surface area contributed by atoms with Crippen molar-refractivity contribution < 1.29 is 37.9 Å². The quantitative estimate of drug-likeness (QED) is 0.0792. The van der Waals surface area contributed by atoms with Gasteiger partial charge in [-0.2, -0.15) is 5.06 Å². The average molecular weight is 651 g/mol. The zero-order valence-electron chi connectivity index (χ0n) is 25.2. The van der Waals surface area contributed by atoms with E-state index in [9.17, 15) is 28.4 Å². The van der Waals surface area contributed by atoms with Gasteiger partial charge in [0.05, 0.1) is 4.90 Å². The van der Waals surface area contributed by atoms with Gasteiger partial charge >= 0.3 is 0 Å². The van der Waals surface area contributed by atoms with E-state index < -0.39 is 37.7 Å². The number of thioether (sulfide) groups is 1. The lowest BCUT2D eigenvalue weighted by Gasteiger charge is -2.39. The number of carbonyl (C=O) groups is 2. The van der Waals surface area contributed by atoms with Crippen LogP contribution in [0.1, 0.15) is 33.3 Å². The van der Waals surface area contributed by atoms with Gasteiger partial charge in [-0.3, -0.25) is 20.0 Å². The zero-order valence-corrected chi connectivity index (χ0v) is 26.8. The summed E-state index contributed by atoms with van der Waals surface area (Å²) in [5.41, 5.74) is 1.64. The fourth-order valence-corrected chi connectivity index (χ4v) is 7.39. The Morgan fingerprint density at radius 2 is 1.40 bits per heavy atom. The van der Waals surface area contributed by atoms with Gasteiger partial charge in [-0.15, -0.1) is 11.8 Å².